The molecule has 0 radical (unpaired) electrons. The molecule has 190 valence electrons. The highest BCUT2D eigenvalue weighted by atomic mass is 32.2. The summed E-state index contributed by atoms with van der Waals surface area (Å²) in [7, 11) is -4.05. The van der Waals surface area contributed by atoms with Crippen LogP contribution in [0.4, 0.5) is 0 Å². The van der Waals surface area contributed by atoms with Gasteiger partial charge in [-0.25, -0.2) is 0 Å². The van der Waals surface area contributed by atoms with Crippen LogP contribution in [0.2, 0.25) is 0 Å². The highest BCUT2D eigenvalue weighted by Gasteiger charge is 2.62. The van der Waals surface area contributed by atoms with Gasteiger partial charge in [0.25, 0.3) is 10.1 Å². The van der Waals surface area contributed by atoms with E-state index in [9.17, 15) is 23.4 Å². The molecule has 4 rings (SSSR count). The van der Waals surface area contributed by atoms with Gasteiger partial charge in [0.15, 0.2) is 0 Å². The largest absolute Gasteiger partial charge is 0.393 e. The second kappa shape index (κ2) is 9.40. The molecule has 0 saturated heterocycles. The van der Waals surface area contributed by atoms with Crippen molar-refractivity contribution in [3.8, 4) is 0 Å². The molecule has 4 aliphatic rings. The summed E-state index contributed by atoms with van der Waals surface area (Å²) in [5.74, 6) is 1.80. The van der Waals surface area contributed by atoms with Gasteiger partial charge in [0.1, 0.15) is 0 Å². The van der Waals surface area contributed by atoms with E-state index in [1.807, 2.05) is 0 Å². The smallest absolute Gasteiger partial charge is 0.266 e. The zero-order chi connectivity index (χ0) is 24.0. The fraction of sp³-hybridized carbons (Fsp3) is 0.960. The lowest BCUT2D eigenvalue weighted by Crippen LogP contribution is -2.58. The fourth-order valence-electron chi connectivity index (χ4n) is 8.70. The number of carbonyl (C=O) groups excluding carboxylic acids is 1. The van der Waals surface area contributed by atoms with Gasteiger partial charge < -0.3 is 15.5 Å². The summed E-state index contributed by atoms with van der Waals surface area (Å²) in [5.41, 5.74) is 0.448. The maximum Gasteiger partial charge on any atom is 0.266 e. The summed E-state index contributed by atoms with van der Waals surface area (Å²) in [6, 6.07) is 0. The maximum atomic E-state index is 12.1. The molecule has 0 heterocycles. The molecule has 4 fully saturated rings. The van der Waals surface area contributed by atoms with Crippen molar-refractivity contribution in [1.29, 1.82) is 0 Å². The number of rotatable bonds is 7. The van der Waals surface area contributed by atoms with E-state index in [-0.39, 0.29) is 35.5 Å². The first-order chi connectivity index (χ1) is 15.4. The number of nitrogens with one attached hydrogen (secondary N) is 1. The number of carbonyl (C=O) groups is 1. The van der Waals surface area contributed by atoms with Crippen molar-refractivity contribution in [2.45, 2.75) is 96.7 Å². The highest BCUT2D eigenvalue weighted by Crippen LogP contribution is 2.67. The van der Waals surface area contributed by atoms with Gasteiger partial charge in [-0.3, -0.25) is 9.35 Å². The van der Waals surface area contributed by atoms with Crippen LogP contribution in [0.15, 0.2) is 0 Å². The molecular weight excluding hydrogens is 442 g/mol. The Morgan fingerprint density at radius 2 is 1.70 bits per heavy atom. The summed E-state index contributed by atoms with van der Waals surface area (Å²) < 4.78 is 30.3. The maximum absolute atomic E-state index is 12.1. The number of hydrogen-bond acceptors (Lipinski definition) is 5. The van der Waals surface area contributed by atoms with Crippen LogP contribution in [0.25, 0.3) is 0 Å². The Balaban J connectivity index is 1.34. The average molecular weight is 486 g/mol. The standard InChI is InChI=1S/C25H43NO6S/c1-24-11-9-20-23(21(28)15-17-14-18(27)8-10-25(17,20)2)19(24)7-6-16(24)4-3-5-22(29)26-12-13-33(30,31)32/h16-21,23,27-28H,3-15H2,1-2H3,(H,26,29)(H,30,31,32)/t16-,17-,18+,19?,20?,21-,23-,24+,25-/m0/s1. The molecule has 0 bridgehead atoms. The number of aliphatic hydroxyl groups excluding tert-OH is 2. The van der Waals surface area contributed by atoms with E-state index in [1.54, 1.807) is 0 Å². The first-order valence-corrected chi connectivity index (χ1v) is 14.6. The van der Waals surface area contributed by atoms with Crippen molar-refractivity contribution < 1.29 is 28.0 Å². The minimum Gasteiger partial charge on any atom is -0.393 e. The topological polar surface area (TPSA) is 124 Å². The van der Waals surface area contributed by atoms with Crippen molar-refractivity contribution in [3.05, 3.63) is 0 Å². The predicted molar refractivity (Wildman–Crippen MR) is 126 cm³/mol. The Morgan fingerprint density at radius 3 is 2.42 bits per heavy atom. The summed E-state index contributed by atoms with van der Waals surface area (Å²) in [4.78, 5) is 12.1. The van der Waals surface area contributed by atoms with Gasteiger partial charge in [0.05, 0.1) is 18.0 Å². The third kappa shape index (κ3) is 5.00. The molecule has 8 heteroatoms. The van der Waals surface area contributed by atoms with Gasteiger partial charge in [-0.1, -0.05) is 13.8 Å². The first kappa shape index (κ1) is 25.4. The van der Waals surface area contributed by atoms with Crippen LogP contribution in [0, 0.1) is 40.4 Å². The van der Waals surface area contributed by atoms with Gasteiger partial charge in [-0.2, -0.15) is 8.42 Å². The molecule has 4 N–H and O–H groups in total. The molecular formula is C25H43NO6S. The number of fused-ring (bicyclic) bond motifs is 5. The van der Waals surface area contributed by atoms with Gasteiger partial charge in [-0.15, -0.1) is 0 Å². The molecule has 0 aromatic heterocycles. The predicted octanol–water partition coefficient (Wildman–Crippen LogP) is 3.15. The van der Waals surface area contributed by atoms with Crippen LogP contribution in [0.5, 0.6) is 0 Å². The lowest BCUT2D eigenvalue weighted by atomic mass is 9.44. The second-order valence-electron chi connectivity index (χ2n) is 12.1. The van der Waals surface area contributed by atoms with Gasteiger partial charge in [-0.05, 0) is 105 Å². The normalized spacial score (nSPS) is 45.1. The van der Waals surface area contributed by atoms with Gasteiger partial charge in [0, 0.05) is 13.0 Å². The molecule has 2 unspecified atom stereocenters. The molecule has 0 aromatic carbocycles. The summed E-state index contributed by atoms with van der Waals surface area (Å²) in [6.07, 6.45) is 9.95. The van der Waals surface area contributed by atoms with Crippen molar-refractivity contribution in [3.63, 3.8) is 0 Å². The third-order valence-corrected chi connectivity index (χ3v) is 11.2. The van der Waals surface area contributed by atoms with Crippen LogP contribution >= 0.6 is 0 Å². The number of hydrogen-bond donors (Lipinski definition) is 4. The quantitative estimate of drug-likeness (QED) is 0.411. The minimum atomic E-state index is -4.05. The van der Waals surface area contributed by atoms with E-state index >= 15 is 0 Å². The lowest BCUT2D eigenvalue weighted by molar-refractivity contribution is -0.172. The van der Waals surface area contributed by atoms with E-state index < -0.39 is 15.9 Å². The Labute approximate surface area is 198 Å². The van der Waals surface area contributed by atoms with E-state index in [4.69, 9.17) is 4.55 Å². The Bertz CT molecular complexity index is 833. The SMILES string of the molecule is C[C@]12CCC3[C@H](C1CC[C@@H]2CCCC(=O)NCCS(=O)(=O)O)[C@@H](O)C[C@@H]1C[C@H](O)CC[C@]31C. The molecule has 1 amide bonds. The van der Waals surface area contributed by atoms with Gasteiger partial charge >= 0.3 is 0 Å². The zero-order valence-corrected chi connectivity index (χ0v) is 21.0. The Hall–Kier alpha value is -0.700. The number of aliphatic hydroxyl groups is 2. The van der Waals surface area contributed by atoms with Crippen molar-refractivity contribution in [2.75, 3.05) is 12.3 Å². The molecule has 0 aromatic rings. The minimum absolute atomic E-state index is 0.0569. The fourth-order valence-corrected chi connectivity index (χ4v) is 9.06. The number of amides is 1. The first-order valence-electron chi connectivity index (χ1n) is 13.0. The molecule has 4 aliphatic carbocycles. The molecule has 0 aliphatic heterocycles. The van der Waals surface area contributed by atoms with Crippen molar-refractivity contribution in [1.82, 2.24) is 5.32 Å². The van der Waals surface area contributed by atoms with Crippen LogP contribution in [0.1, 0.15) is 84.5 Å². The van der Waals surface area contributed by atoms with E-state index in [0.717, 1.165) is 57.8 Å². The van der Waals surface area contributed by atoms with Gasteiger partial charge in [0.2, 0.25) is 5.91 Å². The van der Waals surface area contributed by atoms with Crippen LogP contribution in [0.3, 0.4) is 0 Å². The molecule has 33 heavy (non-hydrogen) atoms. The summed E-state index contributed by atoms with van der Waals surface area (Å²) >= 11 is 0. The Kier molecular flexibility index (Phi) is 7.23. The summed E-state index contributed by atoms with van der Waals surface area (Å²) in [5, 5.41) is 24.1. The van der Waals surface area contributed by atoms with E-state index in [1.165, 1.54) is 6.42 Å². The molecule has 4 saturated carbocycles. The van der Waals surface area contributed by atoms with Crippen LogP contribution < -0.4 is 5.32 Å². The van der Waals surface area contributed by atoms with Crippen molar-refractivity contribution in [2.24, 2.45) is 40.4 Å². The van der Waals surface area contributed by atoms with Crippen LogP contribution in [-0.2, 0) is 14.9 Å². The lowest BCUT2D eigenvalue weighted by Gasteiger charge is -2.62. The third-order valence-electron chi connectivity index (χ3n) is 10.5. The van der Waals surface area contributed by atoms with Crippen molar-refractivity contribution >= 4 is 16.0 Å². The molecule has 9 atom stereocenters. The summed E-state index contributed by atoms with van der Waals surface area (Å²) in [6.45, 7) is 4.80. The monoisotopic (exact) mass is 485 g/mol. The van der Waals surface area contributed by atoms with E-state index in [2.05, 4.69) is 19.2 Å². The molecule has 0 spiro atoms. The van der Waals surface area contributed by atoms with E-state index in [0.29, 0.717) is 36.0 Å². The zero-order valence-electron chi connectivity index (χ0n) is 20.2. The van der Waals surface area contributed by atoms with Crippen LogP contribution in [-0.4, -0.2) is 53.6 Å². The average Bonchev–Trinajstić information content (AvgIpc) is 3.05. The second-order valence-corrected chi connectivity index (χ2v) is 13.6. The molecule has 7 nitrogen and oxygen atoms in total. The highest BCUT2D eigenvalue weighted by molar-refractivity contribution is 7.85. The Morgan fingerprint density at radius 1 is 1.00 bits per heavy atom.